The summed E-state index contributed by atoms with van der Waals surface area (Å²) in [6.45, 7) is 3.79. The van der Waals surface area contributed by atoms with Crippen LogP contribution in [-0.4, -0.2) is 36.7 Å². The lowest BCUT2D eigenvalue weighted by atomic mass is 10.0. The van der Waals surface area contributed by atoms with E-state index in [1.165, 1.54) is 32.1 Å². The maximum Gasteiger partial charge on any atom is 0.306 e. The van der Waals surface area contributed by atoms with Crippen LogP contribution in [0.3, 0.4) is 0 Å². The molecule has 6 heteroatoms. The maximum absolute atomic E-state index is 12.1. The topological polar surface area (TPSA) is 78.9 Å². The van der Waals surface area contributed by atoms with E-state index in [9.17, 15) is 14.4 Å². The van der Waals surface area contributed by atoms with Crippen molar-refractivity contribution in [3.05, 3.63) is 24.3 Å². The molecule has 0 aromatic carbocycles. The molecule has 1 fully saturated rings. The summed E-state index contributed by atoms with van der Waals surface area (Å²) < 4.78 is 15.8. The molecule has 1 aliphatic heterocycles. The smallest absolute Gasteiger partial charge is 0.306 e. The molecule has 0 aromatic rings. The lowest BCUT2D eigenvalue weighted by Gasteiger charge is -2.26. The molecule has 1 rings (SSSR count). The van der Waals surface area contributed by atoms with E-state index in [0.717, 1.165) is 38.5 Å². The highest BCUT2D eigenvalue weighted by Crippen LogP contribution is 2.28. The average molecular weight is 465 g/mol. The first-order chi connectivity index (χ1) is 16.0. The van der Waals surface area contributed by atoms with E-state index in [2.05, 4.69) is 31.2 Å². The quantitative estimate of drug-likeness (QED) is 0.0956. The van der Waals surface area contributed by atoms with Gasteiger partial charge in [-0.25, -0.2) is 0 Å². The molecule has 1 saturated heterocycles. The normalized spacial score (nSPS) is 18.2. The Morgan fingerprint density at radius 2 is 1.45 bits per heavy atom. The standard InChI is InChI=1S/C27H44O6/c1-3-5-6-7-8-9-10-11-12-13-14-15-16-17-18-19-25(29)32-23-27(21-20-26(30)33-27)22-31-24(28)4-2/h8-9,11-12H,3-7,10,13-23H2,1-2H3/b9-8-,12-11-. The Hall–Kier alpha value is -2.11. The van der Waals surface area contributed by atoms with Gasteiger partial charge in [-0.15, -0.1) is 0 Å². The first kappa shape index (κ1) is 28.9. The fourth-order valence-electron chi connectivity index (χ4n) is 3.60. The van der Waals surface area contributed by atoms with Gasteiger partial charge in [-0.3, -0.25) is 14.4 Å². The first-order valence-corrected chi connectivity index (χ1v) is 12.8. The minimum absolute atomic E-state index is 0.0607. The van der Waals surface area contributed by atoms with E-state index in [1.807, 2.05) is 0 Å². The van der Waals surface area contributed by atoms with Crippen molar-refractivity contribution in [1.82, 2.24) is 0 Å². The Kier molecular flexibility index (Phi) is 16.1. The molecule has 0 aromatic heterocycles. The van der Waals surface area contributed by atoms with Gasteiger partial charge < -0.3 is 14.2 Å². The van der Waals surface area contributed by atoms with Crippen molar-refractivity contribution < 1.29 is 28.6 Å². The van der Waals surface area contributed by atoms with Crippen molar-refractivity contribution in [2.24, 2.45) is 0 Å². The van der Waals surface area contributed by atoms with Crippen molar-refractivity contribution in [1.29, 1.82) is 0 Å². The Labute approximate surface area is 200 Å². The number of esters is 3. The Bertz CT molecular complexity index is 624. The van der Waals surface area contributed by atoms with Crippen LogP contribution < -0.4 is 0 Å². The van der Waals surface area contributed by atoms with E-state index in [-0.39, 0.29) is 44.0 Å². The van der Waals surface area contributed by atoms with E-state index in [4.69, 9.17) is 14.2 Å². The molecule has 1 heterocycles. The van der Waals surface area contributed by atoms with Gasteiger partial charge in [0.25, 0.3) is 0 Å². The molecule has 0 radical (unpaired) electrons. The molecule has 188 valence electrons. The second-order valence-corrected chi connectivity index (χ2v) is 8.81. The van der Waals surface area contributed by atoms with Crippen LogP contribution in [0, 0.1) is 0 Å². The van der Waals surface area contributed by atoms with Crippen LogP contribution >= 0.6 is 0 Å². The molecule has 0 amide bonds. The zero-order chi connectivity index (χ0) is 24.2. The number of carbonyl (C=O) groups is 3. The molecule has 0 N–H and O–H groups in total. The maximum atomic E-state index is 12.1. The monoisotopic (exact) mass is 464 g/mol. The van der Waals surface area contributed by atoms with Crippen LogP contribution in [0.15, 0.2) is 24.3 Å². The molecule has 0 bridgehead atoms. The summed E-state index contributed by atoms with van der Waals surface area (Å²) in [6, 6.07) is 0. The zero-order valence-corrected chi connectivity index (χ0v) is 20.8. The summed E-state index contributed by atoms with van der Waals surface area (Å²) in [7, 11) is 0. The van der Waals surface area contributed by atoms with Crippen LogP contribution in [0.1, 0.15) is 110 Å². The summed E-state index contributed by atoms with van der Waals surface area (Å²) in [4.78, 5) is 35.0. The fourth-order valence-corrected chi connectivity index (χ4v) is 3.60. The number of hydrogen-bond donors (Lipinski definition) is 0. The van der Waals surface area contributed by atoms with Gasteiger partial charge in [0.1, 0.15) is 13.2 Å². The first-order valence-electron chi connectivity index (χ1n) is 12.8. The van der Waals surface area contributed by atoms with Gasteiger partial charge >= 0.3 is 17.9 Å². The SMILES string of the molecule is CCCCC/C=C\C/C=C\CCCCCCCC(=O)OCC1(COC(=O)CC)CCC(=O)O1. The summed E-state index contributed by atoms with van der Waals surface area (Å²) in [5.41, 5.74) is -1.03. The minimum atomic E-state index is -1.03. The van der Waals surface area contributed by atoms with E-state index >= 15 is 0 Å². The van der Waals surface area contributed by atoms with Crippen LogP contribution in [0.4, 0.5) is 0 Å². The number of carbonyl (C=O) groups excluding carboxylic acids is 3. The Morgan fingerprint density at radius 1 is 0.848 bits per heavy atom. The van der Waals surface area contributed by atoms with Gasteiger partial charge in [-0.1, -0.05) is 70.3 Å². The predicted octanol–water partition coefficient (Wildman–Crippen LogP) is 6.37. The second-order valence-electron chi connectivity index (χ2n) is 8.81. The summed E-state index contributed by atoms with van der Waals surface area (Å²) in [6.07, 6.45) is 22.7. The molecule has 0 spiro atoms. The lowest BCUT2D eigenvalue weighted by molar-refractivity contribution is -0.173. The van der Waals surface area contributed by atoms with Crippen LogP contribution in [0.2, 0.25) is 0 Å². The number of allylic oxidation sites excluding steroid dienone is 4. The van der Waals surface area contributed by atoms with E-state index in [1.54, 1.807) is 6.92 Å². The van der Waals surface area contributed by atoms with Gasteiger partial charge in [0, 0.05) is 25.7 Å². The minimum Gasteiger partial charge on any atom is -0.461 e. The van der Waals surface area contributed by atoms with Gasteiger partial charge in [0.2, 0.25) is 0 Å². The Morgan fingerprint density at radius 3 is 2.06 bits per heavy atom. The third-order valence-corrected chi connectivity index (χ3v) is 5.73. The molecule has 0 aliphatic carbocycles. The third-order valence-electron chi connectivity index (χ3n) is 5.73. The number of rotatable bonds is 19. The van der Waals surface area contributed by atoms with E-state index < -0.39 is 5.60 Å². The highest BCUT2D eigenvalue weighted by Gasteiger charge is 2.43. The summed E-state index contributed by atoms with van der Waals surface area (Å²) >= 11 is 0. The largest absolute Gasteiger partial charge is 0.461 e. The lowest BCUT2D eigenvalue weighted by Crippen LogP contribution is -2.41. The van der Waals surface area contributed by atoms with Crippen molar-refractivity contribution in [3.8, 4) is 0 Å². The predicted molar refractivity (Wildman–Crippen MR) is 130 cm³/mol. The number of unbranched alkanes of at least 4 members (excludes halogenated alkanes) is 8. The number of hydrogen-bond acceptors (Lipinski definition) is 6. The summed E-state index contributed by atoms with van der Waals surface area (Å²) in [5.74, 6) is -1.02. The van der Waals surface area contributed by atoms with Gasteiger partial charge in [-0.2, -0.15) is 0 Å². The van der Waals surface area contributed by atoms with Gasteiger partial charge in [-0.05, 0) is 38.5 Å². The molecule has 1 atom stereocenters. The number of cyclic esters (lactones) is 1. The third kappa shape index (κ3) is 14.6. The zero-order valence-electron chi connectivity index (χ0n) is 20.8. The molecular weight excluding hydrogens is 420 g/mol. The average Bonchev–Trinajstić information content (AvgIpc) is 3.19. The van der Waals surface area contributed by atoms with Crippen LogP contribution in [-0.2, 0) is 28.6 Å². The van der Waals surface area contributed by atoms with E-state index in [0.29, 0.717) is 12.8 Å². The molecular formula is C27H44O6. The van der Waals surface area contributed by atoms with Crippen molar-refractivity contribution in [2.45, 2.75) is 116 Å². The molecule has 1 aliphatic rings. The van der Waals surface area contributed by atoms with Crippen LogP contribution in [0.5, 0.6) is 0 Å². The van der Waals surface area contributed by atoms with Gasteiger partial charge in [0.05, 0.1) is 0 Å². The fraction of sp³-hybridized carbons (Fsp3) is 0.741. The van der Waals surface area contributed by atoms with Crippen LogP contribution in [0.25, 0.3) is 0 Å². The van der Waals surface area contributed by atoms with Gasteiger partial charge in [0.15, 0.2) is 5.60 Å². The van der Waals surface area contributed by atoms with Crippen molar-refractivity contribution in [3.63, 3.8) is 0 Å². The molecule has 33 heavy (non-hydrogen) atoms. The van der Waals surface area contributed by atoms with Crippen molar-refractivity contribution >= 4 is 17.9 Å². The second kappa shape index (κ2) is 18.3. The molecule has 6 nitrogen and oxygen atoms in total. The van der Waals surface area contributed by atoms with Crippen molar-refractivity contribution in [2.75, 3.05) is 13.2 Å². The molecule has 1 unspecified atom stereocenters. The molecule has 0 saturated carbocycles. The highest BCUT2D eigenvalue weighted by molar-refractivity contribution is 5.73. The summed E-state index contributed by atoms with van der Waals surface area (Å²) in [5, 5.41) is 0. The number of ether oxygens (including phenoxy) is 3. The highest BCUT2D eigenvalue weighted by atomic mass is 16.6. The Balaban J connectivity index is 2.05.